The van der Waals surface area contributed by atoms with Crippen molar-refractivity contribution in [3.8, 4) is 0 Å². The van der Waals surface area contributed by atoms with E-state index >= 15 is 0 Å². The fraction of sp³-hybridized carbons (Fsp3) is 0.467. The first-order valence-corrected chi connectivity index (χ1v) is 6.83. The Morgan fingerprint density at radius 1 is 1.42 bits per heavy atom. The molecule has 0 aliphatic heterocycles. The predicted molar refractivity (Wildman–Crippen MR) is 82.8 cm³/mol. The summed E-state index contributed by atoms with van der Waals surface area (Å²) in [6, 6.07) is 8.04. The molecule has 0 radical (unpaired) electrons. The number of amides is 1. The SMILES string of the molecule is CCC(C)(C(=O)N(C)Cc1ccccc1C)C(N)=S. The molecule has 104 valence electrons. The molecule has 1 atom stereocenters. The quantitative estimate of drug-likeness (QED) is 0.842. The van der Waals surface area contributed by atoms with E-state index in [2.05, 4.69) is 0 Å². The van der Waals surface area contributed by atoms with Crippen molar-refractivity contribution in [3.05, 3.63) is 35.4 Å². The van der Waals surface area contributed by atoms with E-state index in [9.17, 15) is 4.79 Å². The predicted octanol–water partition coefficient (Wildman–Crippen LogP) is 2.66. The van der Waals surface area contributed by atoms with Gasteiger partial charge >= 0.3 is 0 Å². The molecule has 0 aliphatic carbocycles. The summed E-state index contributed by atoms with van der Waals surface area (Å²) in [5, 5.41) is 0. The van der Waals surface area contributed by atoms with Gasteiger partial charge in [0.1, 0.15) is 0 Å². The van der Waals surface area contributed by atoms with Crippen molar-refractivity contribution in [2.24, 2.45) is 11.1 Å². The number of aryl methyl sites for hydroxylation is 1. The Morgan fingerprint density at radius 3 is 2.47 bits per heavy atom. The molecule has 2 N–H and O–H groups in total. The molecule has 1 amide bonds. The van der Waals surface area contributed by atoms with Gasteiger partial charge in [0.15, 0.2) is 0 Å². The van der Waals surface area contributed by atoms with E-state index in [0.29, 0.717) is 13.0 Å². The highest BCUT2D eigenvalue weighted by Gasteiger charge is 2.36. The van der Waals surface area contributed by atoms with Gasteiger partial charge in [-0.15, -0.1) is 0 Å². The fourth-order valence-corrected chi connectivity index (χ4v) is 2.20. The summed E-state index contributed by atoms with van der Waals surface area (Å²) in [5.41, 5.74) is 7.29. The van der Waals surface area contributed by atoms with Crippen LogP contribution in [0.4, 0.5) is 0 Å². The Morgan fingerprint density at radius 2 is 2.00 bits per heavy atom. The van der Waals surface area contributed by atoms with Crippen LogP contribution in [0, 0.1) is 12.3 Å². The number of rotatable bonds is 5. The maximum Gasteiger partial charge on any atom is 0.235 e. The maximum atomic E-state index is 12.5. The van der Waals surface area contributed by atoms with Crippen LogP contribution in [0.15, 0.2) is 24.3 Å². The normalized spacial score (nSPS) is 13.7. The van der Waals surface area contributed by atoms with Crippen LogP contribution in [-0.4, -0.2) is 22.8 Å². The largest absolute Gasteiger partial charge is 0.392 e. The van der Waals surface area contributed by atoms with Gasteiger partial charge in [-0.05, 0) is 31.4 Å². The third-order valence-corrected chi connectivity index (χ3v) is 4.19. The minimum absolute atomic E-state index is 0.0225. The first-order chi connectivity index (χ1) is 8.82. The monoisotopic (exact) mass is 278 g/mol. The van der Waals surface area contributed by atoms with Gasteiger partial charge < -0.3 is 10.6 Å². The van der Waals surface area contributed by atoms with Crippen molar-refractivity contribution in [2.75, 3.05) is 7.05 Å². The molecule has 0 saturated heterocycles. The van der Waals surface area contributed by atoms with Gasteiger partial charge in [-0.2, -0.15) is 0 Å². The molecule has 0 aromatic heterocycles. The van der Waals surface area contributed by atoms with E-state index in [4.69, 9.17) is 18.0 Å². The van der Waals surface area contributed by atoms with Crippen molar-refractivity contribution in [3.63, 3.8) is 0 Å². The Labute approximate surface area is 120 Å². The highest BCUT2D eigenvalue weighted by atomic mass is 32.1. The topological polar surface area (TPSA) is 46.3 Å². The number of carbonyl (C=O) groups excluding carboxylic acids is 1. The summed E-state index contributed by atoms with van der Waals surface area (Å²) >= 11 is 5.05. The van der Waals surface area contributed by atoms with Crippen molar-refractivity contribution in [1.29, 1.82) is 0 Å². The van der Waals surface area contributed by atoms with E-state index in [1.807, 2.05) is 45.0 Å². The van der Waals surface area contributed by atoms with Crippen LogP contribution in [0.25, 0.3) is 0 Å². The molecule has 1 aromatic carbocycles. The molecular weight excluding hydrogens is 256 g/mol. The molecule has 1 unspecified atom stereocenters. The lowest BCUT2D eigenvalue weighted by atomic mass is 9.85. The number of nitrogens with two attached hydrogens (primary N) is 1. The second-order valence-electron chi connectivity index (χ2n) is 5.14. The molecular formula is C15H22N2OS. The van der Waals surface area contributed by atoms with Crippen LogP contribution in [0.1, 0.15) is 31.4 Å². The lowest BCUT2D eigenvalue weighted by molar-refractivity contribution is -0.136. The van der Waals surface area contributed by atoms with Gasteiger partial charge in [0.25, 0.3) is 0 Å². The van der Waals surface area contributed by atoms with E-state index in [-0.39, 0.29) is 10.9 Å². The zero-order chi connectivity index (χ0) is 14.6. The zero-order valence-electron chi connectivity index (χ0n) is 12.1. The summed E-state index contributed by atoms with van der Waals surface area (Å²) in [6.07, 6.45) is 0.610. The van der Waals surface area contributed by atoms with Gasteiger partial charge in [-0.3, -0.25) is 4.79 Å². The van der Waals surface area contributed by atoms with E-state index < -0.39 is 5.41 Å². The van der Waals surface area contributed by atoms with E-state index in [1.165, 1.54) is 5.56 Å². The molecule has 4 heteroatoms. The highest BCUT2D eigenvalue weighted by molar-refractivity contribution is 7.80. The summed E-state index contributed by atoms with van der Waals surface area (Å²) in [7, 11) is 1.79. The number of hydrogen-bond acceptors (Lipinski definition) is 2. The lowest BCUT2D eigenvalue weighted by Gasteiger charge is -2.31. The molecule has 1 rings (SSSR count). The van der Waals surface area contributed by atoms with Crippen LogP contribution in [-0.2, 0) is 11.3 Å². The third-order valence-electron chi connectivity index (χ3n) is 3.74. The van der Waals surface area contributed by atoms with Crippen molar-refractivity contribution < 1.29 is 4.79 Å². The third kappa shape index (κ3) is 3.32. The number of hydrogen-bond donors (Lipinski definition) is 1. The molecule has 19 heavy (non-hydrogen) atoms. The summed E-state index contributed by atoms with van der Waals surface area (Å²) in [5.74, 6) is -0.0225. The van der Waals surface area contributed by atoms with Crippen LogP contribution < -0.4 is 5.73 Å². The van der Waals surface area contributed by atoms with Crippen molar-refractivity contribution in [2.45, 2.75) is 33.7 Å². The minimum atomic E-state index is -0.757. The second kappa shape index (κ2) is 6.15. The van der Waals surface area contributed by atoms with Crippen LogP contribution in [0.2, 0.25) is 0 Å². The summed E-state index contributed by atoms with van der Waals surface area (Å²) < 4.78 is 0. The molecule has 0 spiro atoms. The first-order valence-electron chi connectivity index (χ1n) is 6.43. The smallest absolute Gasteiger partial charge is 0.235 e. The van der Waals surface area contributed by atoms with E-state index in [0.717, 1.165) is 5.56 Å². The lowest BCUT2D eigenvalue weighted by Crippen LogP contribution is -2.47. The van der Waals surface area contributed by atoms with Crippen molar-refractivity contribution >= 4 is 23.1 Å². The molecule has 0 heterocycles. The Hall–Kier alpha value is -1.42. The number of thiocarbonyl (C=S) groups is 1. The van der Waals surface area contributed by atoms with Gasteiger partial charge in [0.2, 0.25) is 5.91 Å². The minimum Gasteiger partial charge on any atom is -0.392 e. The second-order valence-corrected chi connectivity index (χ2v) is 5.58. The first kappa shape index (κ1) is 15.6. The summed E-state index contributed by atoms with van der Waals surface area (Å²) in [6.45, 7) is 6.36. The summed E-state index contributed by atoms with van der Waals surface area (Å²) in [4.78, 5) is 14.5. The van der Waals surface area contributed by atoms with Crippen LogP contribution in [0.3, 0.4) is 0 Å². The highest BCUT2D eigenvalue weighted by Crippen LogP contribution is 2.25. The standard InChI is InChI=1S/C15H22N2OS/c1-5-15(3,13(16)19)14(18)17(4)10-12-9-7-6-8-11(12)2/h6-9H,5,10H2,1-4H3,(H2,16,19). The molecule has 0 bridgehead atoms. The molecule has 0 saturated carbocycles. The van der Waals surface area contributed by atoms with Gasteiger partial charge in [-0.1, -0.05) is 43.4 Å². The molecule has 3 nitrogen and oxygen atoms in total. The zero-order valence-corrected chi connectivity index (χ0v) is 12.9. The average Bonchev–Trinajstić information content (AvgIpc) is 2.39. The van der Waals surface area contributed by atoms with E-state index in [1.54, 1.807) is 11.9 Å². The van der Waals surface area contributed by atoms with Crippen molar-refractivity contribution in [1.82, 2.24) is 4.90 Å². The Bertz CT molecular complexity index is 487. The Balaban J connectivity index is 2.90. The van der Waals surface area contributed by atoms with Gasteiger partial charge in [0.05, 0.1) is 10.4 Å². The fourth-order valence-electron chi connectivity index (χ4n) is 1.97. The molecule has 0 aliphatic rings. The van der Waals surface area contributed by atoms with Crippen LogP contribution >= 0.6 is 12.2 Å². The number of benzene rings is 1. The van der Waals surface area contributed by atoms with Crippen LogP contribution in [0.5, 0.6) is 0 Å². The number of nitrogens with zero attached hydrogens (tertiary/aromatic N) is 1. The Kier molecular flexibility index (Phi) is 5.06. The maximum absolute atomic E-state index is 12.5. The van der Waals surface area contributed by atoms with Gasteiger partial charge in [-0.25, -0.2) is 0 Å². The van der Waals surface area contributed by atoms with Gasteiger partial charge in [0, 0.05) is 13.6 Å². The molecule has 0 fully saturated rings. The molecule has 1 aromatic rings. The average molecular weight is 278 g/mol. The number of carbonyl (C=O) groups is 1.